The molecule has 19 heavy (non-hydrogen) atoms. The Kier molecular flexibility index (Phi) is 4.87. The Morgan fingerprint density at radius 1 is 1.37 bits per heavy atom. The maximum atomic E-state index is 6.28. The fourth-order valence-corrected chi connectivity index (χ4v) is 3.02. The van der Waals surface area contributed by atoms with Crippen LogP contribution in [-0.2, 0) is 0 Å². The van der Waals surface area contributed by atoms with Gasteiger partial charge < -0.3 is 10.5 Å². The van der Waals surface area contributed by atoms with Gasteiger partial charge in [-0.05, 0) is 50.7 Å². The molecular formula is C17H27NO. The van der Waals surface area contributed by atoms with Crippen LogP contribution in [0.1, 0.15) is 63.1 Å². The molecule has 0 amide bonds. The molecule has 0 aromatic heterocycles. The van der Waals surface area contributed by atoms with E-state index in [2.05, 4.69) is 32.0 Å². The summed E-state index contributed by atoms with van der Waals surface area (Å²) in [5, 5.41) is 0. The topological polar surface area (TPSA) is 35.2 Å². The van der Waals surface area contributed by atoms with Gasteiger partial charge in [0, 0.05) is 11.6 Å². The van der Waals surface area contributed by atoms with Crippen LogP contribution >= 0.6 is 0 Å². The van der Waals surface area contributed by atoms with Crippen molar-refractivity contribution in [1.82, 2.24) is 0 Å². The summed E-state index contributed by atoms with van der Waals surface area (Å²) >= 11 is 0. The molecule has 0 spiro atoms. The lowest BCUT2D eigenvalue weighted by Crippen LogP contribution is -2.26. The summed E-state index contributed by atoms with van der Waals surface area (Å²) in [6.45, 7) is 6.41. The molecule has 2 rings (SSSR count). The molecule has 1 aromatic rings. The first-order chi connectivity index (χ1) is 9.10. The molecule has 2 unspecified atom stereocenters. The maximum Gasteiger partial charge on any atom is 0.124 e. The molecule has 0 heterocycles. The molecule has 3 atom stereocenters. The van der Waals surface area contributed by atoms with Crippen molar-refractivity contribution < 1.29 is 4.74 Å². The Morgan fingerprint density at radius 2 is 2.16 bits per heavy atom. The number of rotatable bonds is 4. The maximum absolute atomic E-state index is 6.28. The quantitative estimate of drug-likeness (QED) is 0.874. The summed E-state index contributed by atoms with van der Waals surface area (Å²) in [4.78, 5) is 0. The summed E-state index contributed by atoms with van der Waals surface area (Å²) in [5.74, 6) is 1.83. The summed E-state index contributed by atoms with van der Waals surface area (Å²) in [5.41, 5.74) is 8.41. The second-order valence-electron chi connectivity index (χ2n) is 6.01. The van der Waals surface area contributed by atoms with Crippen molar-refractivity contribution in [2.24, 2.45) is 11.7 Å². The molecule has 1 saturated carbocycles. The molecule has 0 aliphatic heterocycles. The van der Waals surface area contributed by atoms with Gasteiger partial charge in [-0.3, -0.25) is 0 Å². The van der Waals surface area contributed by atoms with Gasteiger partial charge >= 0.3 is 0 Å². The van der Waals surface area contributed by atoms with Crippen LogP contribution in [0.25, 0.3) is 0 Å². The summed E-state index contributed by atoms with van der Waals surface area (Å²) in [7, 11) is 0. The van der Waals surface area contributed by atoms with Gasteiger partial charge in [-0.2, -0.15) is 0 Å². The van der Waals surface area contributed by atoms with Gasteiger partial charge in [0.15, 0.2) is 0 Å². The van der Waals surface area contributed by atoms with Gasteiger partial charge in [0.2, 0.25) is 0 Å². The highest BCUT2D eigenvalue weighted by atomic mass is 16.5. The second-order valence-corrected chi connectivity index (χ2v) is 6.01. The van der Waals surface area contributed by atoms with E-state index in [-0.39, 0.29) is 6.04 Å². The van der Waals surface area contributed by atoms with Crippen molar-refractivity contribution in [3.05, 3.63) is 29.3 Å². The van der Waals surface area contributed by atoms with Crippen LogP contribution in [0.4, 0.5) is 0 Å². The minimum Gasteiger partial charge on any atom is -0.490 e. The molecule has 0 radical (unpaired) electrons. The Morgan fingerprint density at radius 3 is 2.84 bits per heavy atom. The minimum atomic E-state index is 0.0289. The SMILES string of the molecule is CCC1CCCC(Oc2cc(C)ccc2[C@@H](C)N)C1. The van der Waals surface area contributed by atoms with Crippen LogP contribution < -0.4 is 10.5 Å². The lowest BCUT2D eigenvalue weighted by Gasteiger charge is -2.30. The molecular weight excluding hydrogens is 234 g/mol. The third kappa shape index (κ3) is 3.73. The molecule has 1 aromatic carbocycles. The first-order valence-corrected chi connectivity index (χ1v) is 7.63. The average Bonchev–Trinajstić information content (AvgIpc) is 2.38. The van der Waals surface area contributed by atoms with Gasteiger partial charge in [-0.1, -0.05) is 31.9 Å². The first-order valence-electron chi connectivity index (χ1n) is 7.63. The van der Waals surface area contributed by atoms with Crippen LogP contribution in [-0.4, -0.2) is 6.10 Å². The molecule has 2 nitrogen and oxygen atoms in total. The van der Waals surface area contributed by atoms with Crippen LogP contribution in [0.2, 0.25) is 0 Å². The Labute approximate surface area is 117 Å². The van der Waals surface area contributed by atoms with E-state index in [0.717, 1.165) is 17.2 Å². The fourth-order valence-electron chi connectivity index (χ4n) is 3.02. The standard InChI is InChI=1S/C17H27NO/c1-4-14-6-5-7-15(11-14)19-17-10-12(2)8-9-16(17)13(3)18/h8-10,13-15H,4-7,11,18H2,1-3H3/t13-,14?,15?/m1/s1. The molecule has 1 aliphatic carbocycles. The zero-order chi connectivity index (χ0) is 13.8. The number of hydrogen-bond acceptors (Lipinski definition) is 2. The highest BCUT2D eigenvalue weighted by Gasteiger charge is 2.23. The molecule has 2 heteroatoms. The highest BCUT2D eigenvalue weighted by Crippen LogP contribution is 2.32. The van der Waals surface area contributed by atoms with Crippen LogP contribution in [0.5, 0.6) is 5.75 Å². The lowest BCUT2D eigenvalue weighted by atomic mass is 9.85. The molecule has 0 saturated heterocycles. The molecule has 2 N–H and O–H groups in total. The smallest absolute Gasteiger partial charge is 0.124 e. The summed E-state index contributed by atoms with van der Waals surface area (Å²) in [6.07, 6.45) is 6.68. The van der Waals surface area contributed by atoms with E-state index in [1.807, 2.05) is 6.92 Å². The van der Waals surface area contributed by atoms with Crippen molar-refractivity contribution in [3.8, 4) is 5.75 Å². The monoisotopic (exact) mass is 261 g/mol. The van der Waals surface area contributed by atoms with Crippen molar-refractivity contribution >= 4 is 0 Å². The van der Waals surface area contributed by atoms with Crippen LogP contribution in [0, 0.1) is 12.8 Å². The second kappa shape index (κ2) is 6.42. The van der Waals surface area contributed by atoms with E-state index >= 15 is 0 Å². The largest absolute Gasteiger partial charge is 0.490 e. The zero-order valence-corrected chi connectivity index (χ0v) is 12.5. The van der Waals surface area contributed by atoms with E-state index in [4.69, 9.17) is 10.5 Å². The van der Waals surface area contributed by atoms with Crippen molar-refractivity contribution in [2.45, 2.75) is 65.0 Å². The van der Waals surface area contributed by atoms with E-state index in [0.29, 0.717) is 6.10 Å². The Balaban J connectivity index is 2.11. The van der Waals surface area contributed by atoms with Gasteiger partial charge in [-0.25, -0.2) is 0 Å². The van der Waals surface area contributed by atoms with E-state index in [9.17, 15) is 0 Å². The zero-order valence-electron chi connectivity index (χ0n) is 12.5. The number of benzene rings is 1. The molecule has 1 aliphatic rings. The van der Waals surface area contributed by atoms with Gasteiger partial charge in [0.05, 0.1) is 6.10 Å². The molecule has 1 fully saturated rings. The third-order valence-corrected chi connectivity index (χ3v) is 4.27. The van der Waals surface area contributed by atoms with E-state index in [1.165, 1.54) is 37.7 Å². The fraction of sp³-hybridized carbons (Fsp3) is 0.647. The van der Waals surface area contributed by atoms with E-state index in [1.54, 1.807) is 0 Å². The number of nitrogens with two attached hydrogens (primary N) is 1. The average molecular weight is 261 g/mol. The lowest BCUT2D eigenvalue weighted by molar-refractivity contribution is 0.120. The first kappa shape index (κ1) is 14.4. The predicted octanol–water partition coefficient (Wildman–Crippen LogP) is 4.36. The summed E-state index contributed by atoms with van der Waals surface area (Å²) in [6, 6.07) is 6.38. The minimum absolute atomic E-state index is 0.0289. The normalized spacial score (nSPS) is 25.1. The van der Waals surface area contributed by atoms with Crippen molar-refractivity contribution in [1.29, 1.82) is 0 Å². The van der Waals surface area contributed by atoms with Crippen LogP contribution in [0.15, 0.2) is 18.2 Å². The number of aryl methyl sites for hydroxylation is 1. The third-order valence-electron chi connectivity index (χ3n) is 4.27. The van der Waals surface area contributed by atoms with Gasteiger partial charge in [-0.15, -0.1) is 0 Å². The highest BCUT2D eigenvalue weighted by molar-refractivity contribution is 5.39. The van der Waals surface area contributed by atoms with Gasteiger partial charge in [0.1, 0.15) is 5.75 Å². The van der Waals surface area contributed by atoms with E-state index < -0.39 is 0 Å². The predicted molar refractivity (Wildman–Crippen MR) is 80.4 cm³/mol. The summed E-state index contributed by atoms with van der Waals surface area (Å²) < 4.78 is 6.28. The van der Waals surface area contributed by atoms with Gasteiger partial charge in [0.25, 0.3) is 0 Å². The molecule has 0 bridgehead atoms. The number of ether oxygens (including phenoxy) is 1. The molecule has 106 valence electrons. The van der Waals surface area contributed by atoms with Crippen molar-refractivity contribution in [3.63, 3.8) is 0 Å². The Hall–Kier alpha value is -1.02. The van der Waals surface area contributed by atoms with Crippen molar-refractivity contribution in [2.75, 3.05) is 0 Å². The Bertz CT molecular complexity index is 414. The number of hydrogen-bond donors (Lipinski definition) is 1. The van der Waals surface area contributed by atoms with Crippen LogP contribution in [0.3, 0.4) is 0 Å².